The molecule has 2 heterocycles. The molecule has 1 N–H and O–H groups in total. The highest BCUT2D eigenvalue weighted by Gasteiger charge is 2.14. The summed E-state index contributed by atoms with van der Waals surface area (Å²) in [6.07, 6.45) is 1.74. The van der Waals surface area contributed by atoms with Gasteiger partial charge in [0.2, 0.25) is 5.91 Å². The highest BCUT2D eigenvalue weighted by molar-refractivity contribution is 7.17. The van der Waals surface area contributed by atoms with Crippen molar-refractivity contribution in [2.75, 3.05) is 5.32 Å². The minimum atomic E-state index is -0.119. The monoisotopic (exact) mass is 431 g/mol. The van der Waals surface area contributed by atoms with E-state index in [9.17, 15) is 9.59 Å². The second-order valence-corrected chi connectivity index (χ2v) is 8.87. The van der Waals surface area contributed by atoms with Crippen molar-refractivity contribution in [3.8, 4) is 11.1 Å². The first-order valence-corrected chi connectivity index (χ1v) is 11.1. The molecule has 0 saturated carbocycles. The molecule has 158 valence electrons. The molecular formula is C25H25N3O2S. The van der Waals surface area contributed by atoms with E-state index in [4.69, 9.17) is 0 Å². The van der Waals surface area contributed by atoms with Crippen LogP contribution in [0, 0.1) is 27.7 Å². The van der Waals surface area contributed by atoms with Gasteiger partial charge in [0.15, 0.2) is 0 Å². The molecule has 0 spiro atoms. The summed E-state index contributed by atoms with van der Waals surface area (Å²) in [4.78, 5) is 30.9. The van der Waals surface area contributed by atoms with Gasteiger partial charge in [-0.3, -0.25) is 14.2 Å². The average molecular weight is 432 g/mol. The largest absolute Gasteiger partial charge is 0.326 e. The summed E-state index contributed by atoms with van der Waals surface area (Å²) >= 11 is 1.46. The number of thiophene rings is 1. The zero-order valence-corrected chi connectivity index (χ0v) is 19.0. The number of nitrogens with one attached hydrogen (secondary N) is 1. The molecule has 0 fully saturated rings. The van der Waals surface area contributed by atoms with Crippen molar-refractivity contribution >= 4 is 33.1 Å². The van der Waals surface area contributed by atoms with E-state index in [0.717, 1.165) is 27.9 Å². The molecule has 0 saturated heterocycles. The van der Waals surface area contributed by atoms with Crippen molar-refractivity contribution in [1.82, 2.24) is 9.55 Å². The molecule has 1 amide bonds. The summed E-state index contributed by atoms with van der Waals surface area (Å²) in [5, 5.41) is 5.59. The van der Waals surface area contributed by atoms with E-state index in [1.54, 1.807) is 0 Å². The molecule has 6 heteroatoms. The summed E-state index contributed by atoms with van der Waals surface area (Å²) < 4.78 is 1.53. The van der Waals surface area contributed by atoms with Gasteiger partial charge in [-0.15, -0.1) is 11.3 Å². The maximum atomic E-state index is 13.2. The molecule has 0 aliphatic rings. The van der Waals surface area contributed by atoms with Gasteiger partial charge in [0.25, 0.3) is 5.56 Å². The number of aromatic nitrogens is 2. The van der Waals surface area contributed by atoms with E-state index < -0.39 is 0 Å². The van der Waals surface area contributed by atoms with Gasteiger partial charge in [-0.1, -0.05) is 47.5 Å². The second kappa shape index (κ2) is 8.47. The zero-order chi connectivity index (χ0) is 22.1. The number of hydrogen-bond donors (Lipinski definition) is 1. The summed E-state index contributed by atoms with van der Waals surface area (Å²) in [7, 11) is 0. The van der Waals surface area contributed by atoms with Gasteiger partial charge in [-0.05, 0) is 44.4 Å². The predicted molar refractivity (Wildman–Crippen MR) is 128 cm³/mol. The van der Waals surface area contributed by atoms with E-state index >= 15 is 0 Å². The van der Waals surface area contributed by atoms with Gasteiger partial charge in [0.05, 0.1) is 11.7 Å². The smallest absolute Gasteiger partial charge is 0.262 e. The lowest BCUT2D eigenvalue weighted by molar-refractivity contribution is -0.116. The third kappa shape index (κ3) is 4.30. The lowest BCUT2D eigenvalue weighted by atomic mass is 10.0. The third-order valence-corrected chi connectivity index (χ3v) is 6.33. The fourth-order valence-electron chi connectivity index (χ4n) is 3.87. The van der Waals surface area contributed by atoms with Crippen molar-refractivity contribution in [3.05, 3.63) is 80.7 Å². The van der Waals surface area contributed by atoms with Gasteiger partial charge in [-0.2, -0.15) is 0 Å². The summed E-state index contributed by atoms with van der Waals surface area (Å²) in [5.41, 5.74) is 7.02. The topological polar surface area (TPSA) is 64.0 Å². The number of amides is 1. The zero-order valence-electron chi connectivity index (χ0n) is 18.2. The number of nitrogens with zero attached hydrogens (tertiary/aromatic N) is 2. The SMILES string of the molecule is Cc1ccc(-c2csc3ncn(CCC(=O)Nc4c(C)cc(C)cc4C)c(=O)c23)cc1. The Bertz CT molecular complexity index is 1310. The number of hydrogen-bond acceptors (Lipinski definition) is 4. The summed E-state index contributed by atoms with van der Waals surface area (Å²) in [6.45, 7) is 8.33. The van der Waals surface area contributed by atoms with Crippen molar-refractivity contribution in [3.63, 3.8) is 0 Å². The fraction of sp³-hybridized carbons (Fsp3) is 0.240. The summed E-state index contributed by atoms with van der Waals surface area (Å²) in [5.74, 6) is -0.119. The molecule has 0 unspecified atom stereocenters. The lowest BCUT2D eigenvalue weighted by Gasteiger charge is -2.13. The van der Waals surface area contributed by atoms with Crippen LogP contribution < -0.4 is 10.9 Å². The molecule has 0 radical (unpaired) electrons. The van der Waals surface area contributed by atoms with Crippen molar-refractivity contribution in [1.29, 1.82) is 0 Å². The van der Waals surface area contributed by atoms with Gasteiger partial charge in [0.1, 0.15) is 4.83 Å². The molecular weight excluding hydrogens is 406 g/mol. The minimum Gasteiger partial charge on any atom is -0.326 e. The van der Waals surface area contributed by atoms with Crippen molar-refractivity contribution < 1.29 is 4.79 Å². The maximum Gasteiger partial charge on any atom is 0.262 e. The van der Waals surface area contributed by atoms with Crippen LogP contribution in [0.5, 0.6) is 0 Å². The normalized spacial score (nSPS) is 11.1. The number of anilines is 1. The number of benzene rings is 2. The first-order valence-electron chi connectivity index (χ1n) is 10.2. The first-order chi connectivity index (χ1) is 14.8. The second-order valence-electron chi connectivity index (χ2n) is 8.01. The van der Waals surface area contributed by atoms with E-state index in [1.165, 1.54) is 33.4 Å². The van der Waals surface area contributed by atoms with E-state index in [1.807, 2.05) is 69.5 Å². The van der Waals surface area contributed by atoms with Crippen LogP contribution in [0.3, 0.4) is 0 Å². The molecule has 4 rings (SSSR count). The Morgan fingerprint density at radius 1 is 1.03 bits per heavy atom. The highest BCUT2D eigenvalue weighted by Crippen LogP contribution is 2.30. The van der Waals surface area contributed by atoms with Gasteiger partial charge >= 0.3 is 0 Å². The van der Waals surface area contributed by atoms with Crippen LogP contribution in [0.2, 0.25) is 0 Å². The Kier molecular flexibility index (Phi) is 5.74. The lowest BCUT2D eigenvalue weighted by Crippen LogP contribution is -2.23. The number of carbonyl (C=O) groups is 1. The molecule has 0 bridgehead atoms. The van der Waals surface area contributed by atoms with Crippen LogP contribution in [-0.2, 0) is 11.3 Å². The van der Waals surface area contributed by atoms with Crippen molar-refractivity contribution in [2.45, 2.75) is 40.7 Å². The summed E-state index contributed by atoms with van der Waals surface area (Å²) in [6, 6.07) is 12.2. The van der Waals surface area contributed by atoms with Crippen molar-refractivity contribution in [2.24, 2.45) is 0 Å². The Hall–Kier alpha value is -3.25. The number of fused-ring (bicyclic) bond motifs is 1. The Morgan fingerprint density at radius 2 is 1.71 bits per heavy atom. The minimum absolute atomic E-state index is 0.114. The first kappa shape index (κ1) is 21.0. The Balaban J connectivity index is 1.56. The molecule has 0 atom stereocenters. The predicted octanol–water partition coefficient (Wildman–Crippen LogP) is 5.39. The molecule has 0 aliphatic heterocycles. The Labute approximate surface area is 185 Å². The molecule has 2 aromatic carbocycles. The molecule has 0 aliphatic carbocycles. The molecule has 5 nitrogen and oxygen atoms in total. The average Bonchev–Trinajstić information content (AvgIpc) is 3.16. The van der Waals surface area contributed by atoms with Crippen LogP contribution in [0.25, 0.3) is 21.3 Å². The molecule has 31 heavy (non-hydrogen) atoms. The number of aryl methyl sites for hydroxylation is 5. The van der Waals surface area contributed by atoms with E-state index in [0.29, 0.717) is 10.2 Å². The van der Waals surface area contributed by atoms with Gasteiger partial charge in [0, 0.05) is 29.6 Å². The highest BCUT2D eigenvalue weighted by atomic mass is 32.1. The van der Waals surface area contributed by atoms with Gasteiger partial charge < -0.3 is 5.32 Å². The third-order valence-electron chi connectivity index (χ3n) is 5.44. The van der Waals surface area contributed by atoms with Crippen LogP contribution in [0.4, 0.5) is 5.69 Å². The molecule has 2 aromatic heterocycles. The Morgan fingerprint density at radius 3 is 2.39 bits per heavy atom. The van der Waals surface area contributed by atoms with Crippen LogP contribution >= 0.6 is 11.3 Å². The number of carbonyl (C=O) groups excluding carboxylic acids is 1. The maximum absolute atomic E-state index is 13.2. The van der Waals surface area contributed by atoms with E-state index in [2.05, 4.69) is 10.3 Å². The van der Waals surface area contributed by atoms with Crippen LogP contribution in [-0.4, -0.2) is 15.5 Å². The molecule has 4 aromatic rings. The van der Waals surface area contributed by atoms with E-state index in [-0.39, 0.29) is 24.4 Å². The van der Waals surface area contributed by atoms with Crippen LogP contribution in [0.15, 0.2) is 52.9 Å². The van der Waals surface area contributed by atoms with Crippen LogP contribution in [0.1, 0.15) is 28.7 Å². The quantitative estimate of drug-likeness (QED) is 0.461. The number of rotatable bonds is 5. The van der Waals surface area contributed by atoms with Gasteiger partial charge in [-0.25, -0.2) is 4.98 Å². The fourth-order valence-corrected chi connectivity index (χ4v) is 4.78. The standard InChI is InChI=1S/C25H25N3O2S/c1-15-5-7-19(8-6-15)20-13-31-24-22(20)25(30)28(14-26-24)10-9-21(29)27-23-17(3)11-16(2)12-18(23)4/h5-8,11-14H,9-10H2,1-4H3,(H,27,29).